The number of carbonyl (C=O) groups excluding carboxylic acids is 1. The maximum absolute atomic E-state index is 9.88. The van der Waals surface area contributed by atoms with Crippen LogP contribution in [0.2, 0.25) is 0 Å². The van der Waals surface area contributed by atoms with Gasteiger partial charge in [0.2, 0.25) is 0 Å². The van der Waals surface area contributed by atoms with Gasteiger partial charge in [-0.2, -0.15) is 0 Å². The number of hydrogen-bond acceptors (Lipinski definition) is 4. The van der Waals surface area contributed by atoms with E-state index in [4.69, 9.17) is 5.11 Å². The molecule has 0 aliphatic heterocycles. The van der Waals surface area contributed by atoms with Crippen LogP contribution in [-0.2, 0) is 9.59 Å². The molecule has 0 fully saturated rings. The first-order valence-corrected chi connectivity index (χ1v) is 14.0. The minimum atomic E-state index is -1.12. The van der Waals surface area contributed by atoms with Gasteiger partial charge < -0.3 is 25.6 Å². The lowest BCUT2D eigenvalue weighted by atomic mass is 10.1. The summed E-state index contributed by atoms with van der Waals surface area (Å²) in [6, 6.07) is 0. The van der Waals surface area contributed by atoms with E-state index in [0.717, 1.165) is 0 Å². The van der Waals surface area contributed by atoms with E-state index in [0.29, 0.717) is 12.8 Å². The van der Waals surface area contributed by atoms with Crippen LogP contribution in [-0.4, -0.2) is 48.7 Å². The van der Waals surface area contributed by atoms with Gasteiger partial charge in [0.1, 0.15) is 0 Å². The molecule has 0 aromatic heterocycles. The second-order valence-electron chi connectivity index (χ2n) is 10.3. The number of hydrogen-bond donors (Lipinski definition) is 2. The number of unbranched alkanes of at least 4 members (excludes halogenated alkanes) is 15. The van der Waals surface area contributed by atoms with Crippen LogP contribution in [0.3, 0.4) is 0 Å². The first kappa shape index (κ1) is 37.4. The zero-order valence-electron chi connectivity index (χ0n) is 23.4. The summed E-state index contributed by atoms with van der Waals surface area (Å²) in [7, 11) is 4.87. The zero-order chi connectivity index (χ0) is 25.2. The van der Waals surface area contributed by atoms with E-state index < -0.39 is 11.9 Å². The lowest BCUT2D eigenvalue weighted by Gasteiger charge is -2.30. The number of carboxylic acid groups (broad SMARTS) is 2. The molecule has 0 radical (unpaired) electrons. The van der Waals surface area contributed by atoms with Crippen molar-refractivity contribution < 1.29 is 24.3 Å². The van der Waals surface area contributed by atoms with Crippen LogP contribution in [0.1, 0.15) is 142 Å². The predicted octanol–water partition coefficient (Wildman–Crippen LogP) is 6.89. The minimum Gasteiger partial charge on any atom is -0.550 e. The second-order valence-corrected chi connectivity index (χ2v) is 10.3. The van der Waals surface area contributed by atoms with Gasteiger partial charge in [-0.15, -0.1) is 0 Å². The molecule has 0 bridgehead atoms. The molecular formula is C28H60N2O4. The summed E-state index contributed by atoms with van der Waals surface area (Å²) in [6.07, 6.45) is 23.8. The third-order valence-corrected chi connectivity index (χ3v) is 6.26. The van der Waals surface area contributed by atoms with E-state index in [1.54, 1.807) is 0 Å². The molecule has 0 atom stereocenters. The predicted molar refractivity (Wildman–Crippen MR) is 143 cm³/mol. The summed E-state index contributed by atoms with van der Waals surface area (Å²) in [5, 5.41) is 17.9. The first-order chi connectivity index (χ1) is 15.7. The second kappa shape index (κ2) is 28.1. The first-order valence-electron chi connectivity index (χ1n) is 14.0. The Kier molecular flexibility index (Phi) is 30.9. The Bertz CT molecular complexity index is 404. The lowest BCUT2D eigenvalue weighted by Crippen LogP contribution is -2.41. The number of carboxylic acids is 2. The topological polar surface area (TPSA) is 112 Å². The molecule has 0 unspecified atom stereocenters. The number of carbonyl (C=O) groups is 2. The molecule has 0 aromatic carbocycles. The summed E-state index contributed by atoms with van der Waals surface area (Å²) in [4.78, 5) is 19.7. The van der Waals surface area contributed by atoms with Gasteiger partial charge in [0.25, 0.3) is 0 Å². The highest BCUT2D eigenvalue weighted by Crippen LogP contribution is 2.13. The molecule has 0 aliphatic carbocycles. The van der Waals surface area contributed by atoms with E-state index in [1.807, 2.05) is 0 Å². The zero-order valence-corrected chi connectivity index (χ0v) is 23.4. The molecule has 6 nitrogen and oxygen atoms in total. The van der Waals surface area contributed by atoms with E-state index in [-0.39, 0.29) is 19.0 Å². The van der Waals surface area contributed by atoms with E-state index >= 15 is 0 Å². The molecule has 0 aromatic rings. The fourth-order valence-electron chi connectivity index (χ4n) is 4.00. The van der Waals surface area contributed by atoms with E-state index in [9.17, 15) is 14.7 Å². The van der Waals surface area contributed by atoms with Gasteiger partial charge in [0.15, 0.2) is 0 Å². The molecule has 0 rings (SSSR count). The summed E-state index contributed by atoms with van der Waals surface area (Å²) in [5.41, 5.74) is 0. The fourth-order valence-corrected chi connectivity index (χ4v) is 4.00. The Morgan fingerprint density at radius 1 is 0.588 bits per heavy atom. The van der Waals surface area contributed by atoms with Crippen molar-refractivity contribution >= 4 is 11.9 Å². The third kappa shape index (κ3) is 35.4. The van der Waals surface area contributed by atoms with Crippen molar-refractivity contribution in [2.45, 2.75) is 142 Å². The highest BCUT2D eigenvalue weighted by molar-refractivity contribution is 5.67. The molecule has 34 heavy (non-hydrogen) atoms. The van der Waals surface area contributed by atoms with Crippen LogP contribution >= 0.6 is 0 Å². The van der Waals surface area contributed by atoms with Gasteiger partial charge in [0.05, 0.1) is 27.2 Å². The number of aliphatic carboxylic acids is 2. The maximum atomic E-state index is 9.88. The van der Waals surface area contributed by atoms with Crippen LogP contribution in [0, 0.1) is 0 Å². The number of quaternary nitrogens is 1. The van der Waals surface area contributed by atoms with Crippen molar-refractivity contribution in [3.05, 3.63) is 0 Å². The lowest BCUT2D eigenvalue weighted by molar-refractivity contribution is -0.890. The summed E-state index contributed by atoms with van der Waals surface area (Å²) < 4.78 is 1.24. The normalized spacial score (nSPS) is 10.8. The molecule has 4 N–H and O–H groups in total. The van der Waals surface area contributed by atoms with E-state index in [1.165, 1.54) is 120 Å². The smallest absolute Gasteiger partial charge is 0.303 e. The van der Waals surface area contributed by atoms with Gasteiger partial charge in [-0.1, -0.05) is 90.9 Å². The van der Waals surface area contributed by atoms with Crippen LogP contribution < -0.4 is 11.3 Å². The highest BCUT2D eigenvalue weighted by Gasteiger charge is 2.13. The largest absolute Gasteiger partial charge is 0.550 e. The highest BCUT2D eigenvalue weighted by atomic mass is 16.4. The van der Waals surface area contributed by atoms with Gasteiger partial charge in [0, 0.05) is 12.4 Å². The summed E-state index contributed by atoms with van der Waals surface area (Å²) in [5.74, 6) is -2.01. The minimum absolute atomic E-state index is 0. The maximum Gasteiger partial charge on any atom is 0.303 e. The average Bonchev–Trinajstić information content (AvgIpc) is 2.75. The van der Waals surface area contributed by atoms with Crippen LogP contribution in [0.5, 0.6) is 0 Å². The van der Waals surface area contributed by atoms with Gasteiger partial charge >= 0.3 is 5.97 Å². The van der Waals surface area contributed by atoms with Crippen molar-refractivity contribution in [2.24, 2.45) is 0 Å². The quantitative estimate of drug-likeness (QED) is 0.120. The van der Waals surface area contributed by atoms with Crippen molar-refractivity contribution in [3.8, 4) is 0 Å². The van der Waals surface area contributed by atoms with E-state index in [2.05, 4.69) is 27.9 Å². The van der Waals surface area contributed by atoms with Crippen molar-refractivity contribution in [2.75, 3.05) is 27.2 Å². The molecule has 0 aliphatic rings. The SMILES string of the molecule is CCCCCCCCCC[N+](C)(C)CCCCCCCCCC.N.O=C([O-])CCCCC(=O)O. The fraction of sp³-hybridized carbons (Fsp3) is 0.929. The molecular weight excluding hydrogens is 428 g/mol. The third-order valence-electron chi connectivity index (χ3n) is 6.26. The Morgan fingerprint density at radius 2 is 0.912 bits per heavy atom. The summed E-state index contributed by atoms with van der Waals surface area (Å²) >= 11 is 0. The standard InChI is InChI=1S/C22H48N.C6H10O4.H3N/c1-5-7-9-11-13-15-17-19-21-23(3,4)22-20-18-16-14-12-10-8-6-2;7-5(8)3-1-2-4-6(9)10;/h5-22H2,1-4H3;1-4H2,(H,7,8)(H,9,10);1H3/q+1;;/p-1. The van der Waals surface area contributed by atoms with Crippen molar-refractivity contribution in [1.82, 2.24) is 6.15 Å². The Hall–Kier alpha value is -1.14. The summed E-state index contributed by atoms with van der Waals surface area (Å²) in [6.45, 7) is 7.36. The van der Waals surface area contributed by atoms with Crippen LogP contribution in [0.15, 0.2) is 0 Å². The average molecular weight is 489 g/mol. The molecule has 6 heteroatoms. The Balaban J connectivity index is -0.000000736. The Labute approximate surface area is 212 Å². The van der Waals surface area contributed by atoms with Crippen LogP contribution in [0.25, 0.3) is 0 Å². The Morgan fingerprint density at radius 3 is 1.24 bits per heavy atom. The molecule has 0 amide bonds. The van der Waals surface area contributed by atoms with Crippen LogP contribution in [0.4, 0.5) is 0 Å². The number of rotatable bonds is 23. The van der Waals surface area contributed by atoms with Gasteiger partial charge in [-0.3, -0.25) is 4.79 Å². The molecule has 0 saturated carbocycles. The van der Waals surface area contributed by atoms with Gasteiger partial charge in [-0.25, -0.2) is 0 Å². The molecule has 0 saturated heterocycles. The number of nitrogens with zero attached hydrogens (tertiary/aromatic N) is 1. The van der Waals surface area contributed by atoms with Crippen molar-refractivity contribution in [3.63, 3.8) is 0 Å². The monoisotopic (exact) mass is 488 g/mol. The van der Waals surface area contributed by atoms with Crippen molar-refractivity contribution in [1.29, 1.82) is 0 Å². The molecule has 0 heterocycles. The van der Waals surface area contributed by atoms with Gasteiger partial charge in [-0.05, 0) is 44.9 Å². The molecule has 0 spiro atoms. The molecule has 206 valence electrons.